The highest BCUT2D eigenvalue weighted by molar-refractivity contribution is 5.84. The summed E-state index contributed by atoms with van der Waals surface area (Å²) in [5.41, 5.74) is 1.94. The van der Waals surface area contributed by atoms with Crippen LogP contribution in [0.4, 0.5) is 0 Å². The molecule has 0 radical (unpaired) electrons. The number of fused-ring (bicyclic) bond motifs is 5. The van der Waals surface area contributed by atoms with Crippen LogP contribution in [0.3, 0.4) is 0 Å². The Balaban J connectivity index is 1.49. The van der Waals surface area contributed by atoms with Crippen molar-refractivity contribution in [3.05, 3.63) is 35.4 Å². The highest BCUT2D eigenvalue weighted by Crippen LogP contribution is 2.69. The lowest BCUT2D eigenvalue weighted by molar-refractivity contribution is -0.137. The number of hydrogen-bond donors (Lipinski definition) is 2. The van der Waals surface area contributed by atoms with Crippen molar-refractivity contribution in [2.75, 3.05) is 0 Å². The first kappa shape index (κ1) is 14.7. The average Bonchev–Trinajstić information content (AvgIpc) is 2.95. The molecule has 2 bridgehead atoms. The van der Waals surface area contributed by atoms with Gasteiger partial charge in [0, 0.05) is 5.92 Å². The second-order valence-corrected chi connectivity index (χ2v) is 7.53. The van der Waals surface area contributed by atoms with E-state index in [1.807, 2.05) is 31.2 Å². The van der Waals surface area contributed by atoms with Crippen LogP contribution in [0.1, 0.15) is 42.9 Å². The lowest BCUT2D eigenvalue weighted by atomic mass is 9.97. The summed E-state index contributed by atoms with van der Waals surface area (Å²) >= 11 is 0. The Labute approximate surface area is 136 Å². The van der Waals surface area contributed by atoms with E-state index in [4.69, 9.17) is 0 Å². The molecule has 0 spiro atoms. The van der Waals surface area contributed by atoms with Crippen molar-refractivity contribution in [2.45, 2.75) is 38.6 Å². The molecule has 3 aliphatic rings. The molecule has 5 unspecified atom stereocenters. The van der Waals surface area contributed by atoms with E-state index in [0.717, 1.165) is 23.0 Å². The second-order valence-electron chi connectivity index (χ2n) is 7.53. The summed E-state index contributed by atoms with van der Waals surface area (Å²) in [6.07, 6.45) is 3.82. The predicted octanol–water partition coefficient (Wildman–Crippen LogP) is 2.92. The number of amides is 1. The Bertz CT molecular complexity index is 640. The summed E-state index contributed by atoms with van der Waals surface area (Å²) in [5, 5.41) is 12.3. The number of aliphatic carboxylic acids is 1. The highest BCUT2D eigenvalue weighted by atomic mass is 16.4. The summed E-state index contributed by atoms with van der Waals surface area (Å²) in [6.45, 7) is 1.96. The van der Waals surface area contributed by atoms with E-state index in [9.17, 15) is 14.7 Å². The number of nitrogens with one attached hydrogen (secondary N) is 1. The molecule has 122 valence electrons. The van der Waals surface area contributed by atoms with Crippen LogP contribution in [0.15, 0.2) is 24.3 Å². The third-order valence-corrected chi connectivity index (χ3v) is 6.30. The van der Waals surface area contributed by atoms with Crippen LogP contribution in [-0.4, -0.2) is 17.0 Å². The molecule has 1 aromatic rings. The van der Waals surface area contributed by atoms with Crippen LogP contribution in [0.25, 0.3) is 0 Å². The molecule has 0 saturated heterocycles. The third kappa shape index (κ3) is 2.44. The molecule has 3 fully saturated rings. The van der Waals surface area contributed by atoms with E-state index in [1.54, 1.807) is 0 Å². The maximum Gasteiger partial charge on any atom is 0.305 e. The van der Waals surface area contributed by atoms with E-state index in [1.165, 1.54) is 19.3 Å². The maximum absolute atomic E-state index is 12.7. The number of carbonyl (C=O) groups excluding carboxylic acids is 1. The Kier molecular flexibility index (Phi) is 3.43. The summed E-state index contributed by atoms with van der Waals surface area (Å²) in [5.74, 6) is 1.99. The molecule has 4 rings (SSSR count). The zero-order valence-electron chi connectivity index (χ0n) is 13.4. The van der Waals surface area contributed by atoms with Gasteiger partial charge in [-0.3, -0.25) is 9.59 Å². The van der Waals surface area contributed by atoms with Gasteiger partial charge < -0.3 is 10.4 Å². The maximum atomic E-state index is 12.7. The lowest BCUT2D eigenvalue weighted by Gasteiger charge is -2.20. The van der Waals surface area contributed by atoms with Gasteiger partial charge in [-0.2, -0.15) is 0 Å². The van der Waals surface area contributed by atoms with Gasteiger partial charge in [-0.1, -0.05) is 24.3 Å². The fraction of sp³-hybridized carbons (Fsp3) is 0.579. The van der Waals surface area contributed by atoms with Gasteiger partial charge in [-0.25, -0.2) is 0 Å². The molecule has 0 heterocycles. The van der Waals surface area contributed by atoms with Crippen LogP contribution in [0, 0.1) is 36.5 Å². The van der Waals surface area contributed by atoms with Crippen LogP contribution in [0.5, 0.6) is 0 Å². The number of rotatable bonds is 5. The second kappa shape index (κ2) is 5.36. The van der Waals surface area contributed by atoms with Gasteiger partial charge in [0.2, 0.25) is 5.91 Å². The van der Waals surface area contributed by atoms with Gasteiger partial charge in [0.05, 0.1) is 12.5 Å². The molecular weight excluding hydrogens is 290 g/mol. The van der Waals surface area contributed by atoms with Gasteiger partial charge in [0.25, 0.3) is 0 Å². The minimum Gasteiger partial charge on any atom is -0.481 e. The molecule has 0 aliphatic heterocycles. The van der Waals surface area contributed by atoms with Crippen LogP contribution >= 0.6 is 0 Å². The molecule has 5 atom stereocenters. The molecule has 4 heteroatoms. The summed E-state index contributed by atoms with van der Waals surface area (Å²) in [6, 6.07) is 7.28. The predicted molar refractivity (Wildman–Crippen MR) is 85.6 cm³/mol. The number of carboxylic acids is 1. The van der Waals surface area contributed by atoms with Gasteiger partial charge >= 0.3 is 5.97 Å². The lowest BCUT2D eigenvalue weighted by Crippen LogP contribution is -2.33. The monoisotopic (exact) mass is 313 g/mol. The quantitative estimate of drug-likeness (QED) is 0.878. The van der Waals surface area contributed by atoms with Crippen molar-refractivity contribution in [1.29, 1.82) is 0 Å². The molecule has 1 amide bonds. The van der Waals surface area contributed by atoms with Gasteiger partial charge in [0.15, 0.2) is 0 Å². The Hall–Kier alpha value is -1.84. The van der Waals surface area contributed by atoms with Crippen LogP contribution < -0.4 is 5.32 Å². The molecular formula is C19H23NO3. The fourth-order valence-corrected chi connectivity index (χ4v) is 5.33. The van der Waals surface area contributed by atoms with Gasteiger partial charge in [0.1, 0.15) is 0 Å². The molecule has 2 N–H and O–H groups in total. The number of aryl methyl sites for hydroxylation is 1. The first-order chi connectivity index (χ1) is 11.1. The third-order valence-electron chi connectivity index (χ3n) is 6.30. The van der Waals surface area contributed by atoms with Crippen molar-refractivity contribution in [3.8, 4) is 0 Å². The molecule has 23 heavy (non-hydrogen) atoms. The first-order valence-electron chi connectivity index (χ1n) is 8.64. The number of carboxylic acid groups (broad SMARTS) is 1. The standard InChI is InChI=1S/C19H23NO3/c1-10-4-2-3-5-13(10)14(9-15(21)22)20-19(23)18-16-11-6-7-12(8-11)17(16)18/h2-5,11-12,14,16-18H,6-9H2,1H3,(H,20,23)(H,21,22). The number of hydrogen-bond acceptors (Lipinski definition) is 2. The number of carbonyl (C=O) groups is 2. The first-order valence-corrected chi connectivity index (χ1v) is 8.64. The summed E-state index contributed by atoms with van der Waals surface area (Å²) < 4.78 is 0. The molecule has 1 aromatic carbocycles. The van der Waals surface area contributed by atoms with Crippen molar-refractivity contribution in [1.82, 2.24) is 5.32 Å². The van der Waals surface area contributed by atoms with Crippen molar-refractivity contribution in [2.24, 2.45) is 29.6 Å². The Morgan fingerprint density at radius 1 is 1.22 bits per heavy atom. The Morgan fingerprint density at radius 2 is 1.87 bits per heavy atom. The van der Waals surface area contributed by atoms with Crippen LogP contribution in [0.2, 0.25) is 0 Å². The average molecular weight is 313 g/mol. The van der Waals surface area contributed by atoms with Gasteiger partial charge in [-0.15, -0.1) is 0 Å². The highest BCUT2D eigenvalue weighted by Gasteiger charge is 2.67. The topological polar surface area (TPSA) is 66.4 Å². The summed E-state index contributed by atoms with van der Waals surface area (Å²) in [7, 11) is 0. The number of benzene rings is 1. The minimum absolute atomic E-state index is 0.0640. The fourth-order valence-electron chi connectivity index (χ4n) is 5.33. The Morgan fingerprint density at radius 3 is 2.48 bits per heavy atom. The zero-order chi connectivity index (χ0) is 16.1. The smallest absolute Gasteiger partial charge is 0.305 e. The summed E-state index contributed by atoms with van der Waals surface area (Å²) in [4.78, 5) is 23.9. The molecule has 4 nitrogen and oxygen atoms in total. The van der Waals surface area contributed by atoms with E-state index in [0.29, 0.717) is 11.8 Å². The van der Waals surface area contributed by atoms with Gasteiger partial charge in [-0.05, 0) is 61.0 Å². The molecule has 3 aliphatic carbocycles. The van der Waals surface area contributed by atoms with E-state index < -0.39 is 12.0 Å². The SMILES string of the molecule is Cc1ccccc1C(CC(=O)O)NC(=O)C1C2C3CCC(C3)C12. The molecule has 3 saturated carbocycles. The van der Waals surface area contributed by atoms with Crippen molar-refractivity contribution in [3.63, 3.8) is 0 Å². The van der Waals surface area contributed by atoms with E-state index in [2.05, 4.69) is 5.32 Å². The van der Waals surface area contributed by atoms with E-state index in [-0.39, 0.29) is 18.2 Å². The minimum atomic E-state index is -0.880. The van der Waals surface area contributed by atoms with Crippen molar-refractivity contribution < 1.29 is 14.7 Å². The zero-order valence-corrected chi connectivity index (χ0v) is 13.4. The van der Waals surface area contributed by atoms with Crippen LogP contribution in [-0.2, 0) is 9.59 Å². The normalized spacial score (nSPS) is 34.7. The largest absolute Gasteiger partial charge is 0.481 e. The molecule has 0 aromatic heterocycles. The van der Waals surface area contributed by atoms with E-state index >= 15 is 0 Å². The van der Waals surface area contributed by atoms with Crippen molar-refractivity contribution >= 4 is 11.9 Å².